The molecule has 0 fully saturated rings. The van der Waals surface area contributed by atoms with Gasteiger partial charge in [0.2, 0.25) is 0 Å². The summed E-state index contributed by atoms with van der Waals surface area (Å²) in [5.41, 5.74) is 1.66. The van der Waals surface area contributed by atoms with Crippen molar-refractivity contribution in [3.05, 3.63) is 64.6 Å². The number of benzene rings is 2. The summed E-state index contributed by atoms with van der Waals surface area (Å²) in [4.78, 5) is 40.5. The second kappa shape index (κ2) is 7.69. The molecule has 0 aliphatic carbocycles. The van der Waals surface area contributed by atoms with E-state index >= 15 is 0 Å². The fourth-order valence-electron chi connectivity index (χ4n) is 2.50. The Labute approximate surface area is 163 Å². The third-order valence-corrected chi connectivity index (χ3v) is 5.13. The lowest BCUT2D eigenvalue weighted by Crippen LogP contribution is -2.44. The normalized spacial score (nSPS) is 11.3. The maximum atomic E-state index is 12.3. The first-order valence-electron chi connectivity index (χ1n) is 8.00. The van der Waals surface area contributed by atoms with Crippen LogP contribution in [-0.4, -0.2) is 40.1 Å². The molecule has 2 aromatic carbocycles. The molecule has 1 heterocycles. The zero-order chi connectivity index (χ0) is 21.2. The number of fused-ring (bicyclic) bond motifs is 1. The van der Waals surface area contributed by atoms with E-state index in [-0.39, 0.29) is 0 Å². The van der Waals surface area contributed by atoms with E-state index in [1.165, 1.54) is 0 Å². The molecule has 1 amide bonds. The fraction of sp³-hybridized carbons (Fsp3) is 0.0588. The van der Waals surface area contributed by atoms with Gasteiger partial charge in [-0.1, -0.05) is 12.1 Å². The van der Waals surface area contributed by atoms with Crippen molar-refractivity contribution >= 4 is 32.9 Å². The number of carbonyl (C=O) groups excluding carboxylic acids is 1. The molecule has 0 unspecified atom stereocenters. The summed E-state index contributed by atoms with van der Waals surface area (Å²) < 4.78 is 25.7. The zero-order valence-corrected chi connectivity index (χ0v) is 15.4. The van der Waals surface area contributed by atoms with Crippen molar-refractivity contribution in [2.75, 3.05) is 0 Å². The molecule has 0 spiro atoms. The number of phenols is 1. The van der Waals surface area contributed by atoms with Crippen molar-refractivity contribution in [2.45, 2.75) is 11.4 Å². The SMILES string of the molecule is O=C(Cn1c(=O)cnc2ccccc21)NNS(=O)(=O)c1ccc(O)c(C(=O)O)c1. The molecule has 0 saturated carbocycles. The highest BCUT2D eigenvalue weighted by Crippen LogP contribution is 2.21. The van der Waals surface area contributed by atoms with Gasteiger partial charge in [0.05, 0.1) is 22.1 Å². The highest BCUT2D eigenvalue weighted by atomic mass is 32.2. The van der Waals surface area contributed by atoms with Crippen LogP contribution >= 0.6 is 0 Å². The minimum atomic E-state index is -4.33. The highest BCUT2D eigenvalue weighted by Gasteiger charge is 2.20. The molecule has 0 saturated heterocycles. The third-order valence-electron chi connectivity index (χ3n) is 3.89. The van der Waals surface area contributed by atoms with Gasteiger partial charge in [0.25, 0.3) is 21.5 Å². The molecule has 1 aromatic heterocycles. The predicted octanol–water partition coefficient (Wildman–Crippen LogP) is -0.190. The molecule has 11 nitrogen and oxygen atoms in total. The average Bonchev–Trinajstić information content (AvgIpc) is 2.68. The van der Waals surface area contributed by atoms with Gasteiger partial charge in [0.1, 0.15) is 17.9 Å². The number of para-hydroxylation sites is 2. The molecule has 4 N–H and O–H groups in total. The quantitative estimate of drug-likeness (QED) is 0.399. The summed E-state index contributed by atoms with van der Waals surface area (Å²) in [6, 6.07) is 9.22. The summed E-state index contributed by atoms with van der Waals surface area (Å²) >= 11 is 0. The summed E-state index contributed by atoms with van der Waals surface area (Å²) in [6.45, 7) is -0.486. The van der Waals surface area contributed by atoms with Crippen molar-refractivity contribution in [1.29, 1.82) is 0 Å². The predicted molar refractivity (Wildman–Crippen MR) is 99.5 cm³/mol. The van der Waals surface area contributed by atoms with Crippen LogP contribution < -0.4 is 15.8 Å². The molecule has 0 atom stereocenters. The van der Waals surface area contributed by atoms with Crippen LogP contribution in [0.2, 0.25) is 0 Å². The van der Waals surface area contributed by atoms with Gasteiger partial charge in [0, 0.05) is 0 Å². The van der Waals surface area contributed by atoms with Gasteiger partial charge in [0.15, 0.2) is 0 Å². The Balaban J connectivity index is 1.78. The summed E-state index contributed by atoms with van der Waals surface area (Å²) in [5.74, 6) is -2.97. The smallest absolute Gasteiger partial charge is 0.339 e. The molecule has 150 valence electrons. The van der Waals surface area contributed by atoms with Gasteiger partial charge in [-0.25, -0.2) is 18.2 Å². The van der Waals surface area contributed by atoms with Crippen LogP contribution in [0, 0.1) is 0 Å². The first-order valence-corrected chi connectivity index (χ1v) is 9.49. The van der Waals surface area contributed by atoms with Crippen LogP contribution in [0.3, 0.4) is 0 Å². The van der Waals surface area contributed by atoms with Crippen LogP contribution in [0.5, 0.6) is 5.75 Å². The van der Waals surface area contributed by atoms with E-state index in [1.807, 2.05) is 10.3 Å². The lowest BCUT2D eigenvalue weighted by atomic mass is 10.2. The Morgan fingerprint density at radius 1 is 1.14 bits per heavy atom. The number of hydrogen-bond acceptors (Lipinski definition) is 7. The maximum absolute atomic E-state index is 12.3. The Hall–Kier alpha value is -3.77. The van der Waals surface area contributed by atoms with Crippen LogP contribution in [0.4, 0.5) is 0 Å². The van der Waals surface area contributed by atoms with Crippen molar-refractivity contribution in [3.63, 3.8) is 0 Å². The number of carboxylic acid groups (broad SMARTS) is 1. The number of nitrogens with zero attached hydrogens (tertiary/aromatic N) is 2. The number of amides is 1. The number of aromatic nitrogens is 2. The number of aromatic carboxylic acids is 1. The topological polar surface area (TPSA) is 168 Å². The molecule has 0 radical (unpaired) electrons. The van der Waals surface area contributed by atoms with Gasteiger partial charge in [-0.3, -0.25) is 19.6 Å². The Morgan fingerprint density at radius 3 is 2.59 bits per heavy atom. The van der Waals surface area contributed by atoms with E-state index in [1.54, 1.807) is 24.3 Å². The van der Waals surface area contributed by atoms with Crippen LogP contribution in [0.1, 0.15) is 10.4 Å². The van der Waals surface area contributed by atoms with Crippen molar-refractivity contribution < 1.29 is 28.2 Å². The molecule has 0 aliphatic rings. The number of hydrogen-bond donors (Lipinski definition) is 4. The van der Waals surface area contributed by atoms with Gasteiger partial charge in [-0.2, -0.15) is 0 Å². The van der Waals surface area contributed by atoms with E-state index < -0.39 is 50.2 Å². The monoisotopic (exact) mass is 418 g/mol. The third kappa shape index (κ3) is 4.23. The molecular weight excluding hydrogens is 404 g/mol. The van der Waals surface area contributed by atoms with Crippen molar-refractivity contribution in [3.8, 4) is 5.75 Å². The Morgan fingerprint density at radius 2 is 1.86 bits per heavy atom. The minimum absolute atomic E-state index is 0.391. The van der Waals surface area contributed by atoms with Crippen LogP contribution in [0.25, 0.3) is 11.0 Å². The highest BCUT2D eigenvalue weighted by molar-refractivity contribution is 7.89. The van der Waals surface area contributed by atoms with E-state index in [0.29, 0.717) is 11.0 Å². The summed E-state index contributed by atoms with van der Waals surface area (Å²) in [7, 11) is -4.33. The Bertz CT molecular complexity index is 1280. The lowest BCUT2D eigenvalue weighted by Gasteiger charge is -2.11. The number of aromatic hydroxyl groups is 1. The van der Waals surface area contributed by atoms with Crippen molar-refractivity contribution in [1.82, 2.24) is 19.8 Å². The lowest BCUT2D eigenvalue weighted by molar-refractivity contribution is -0.122. The number of sulfonamides is 1. The first-order chi connectivity index (χ1) is 13.7. The van der Waals surface area contributed by atoms with E-state index in [2.05, 4.69) is 4.98 Å². The number of hydrazine groups is 1. The molecule has 29 heavy (non-hydrogen) atoms. The molecule has 3 rings (SSSR count). The van der Waals surface area contributed by atoms with E-state index in [9.17, 15) is 27.9 Å². The first kappa shape index (κ1) is 20.0. The van der Waals surface area contributed by atoms with E-state index in [0.717, 1.165) is 29.0 Å². The van der Waals surface area contributed by atoms with Crippen LogP contribution in [0.15, 0.2) is 58.4 Å². The second-order valence-corrected chi connectivity index (χ2v) is 7.49. The largest absolute Gasteiger partial charge is 0.507 e. The van der Waals surface area contributed by atoms with Crippen molar-refractivity contribution in [2.24, 2.45) is 0 Å². The zero-order valence-electron chi connectivity index (χ0n) is 14.6. The fourth-order valence-corrected chi connectivity index (χ4v) is 3.38. The minimum Gasteiger partial charge on any atom is -0.507 e. The molecule has 3 aromatic rings. The summed E-state index contributed by atoms with van der Waals surface area (Å²) in [5, 5.41) is 18.4. The Kier molecular flexibility index (Phi) is 5.30. The van der Waals surface area contributed by atoms with Gasteiger partial charge in [-0.15, -0.1) is 4.83 Å². The van der Waals surface area contributed by atoms with E-state index in [4.69, 9.17) is 5.11 Å². The number of nitrogens with one attached hydrogen (secondary N) is 2. The summed E-state index contributed by atoms with van der Waals surface area (Å²) in [6.07, 6.45) is 1.05. The van der Waals surface area contributed by atoms with Gasteiger partial charge >= 0.3 is 5.97 Å². The molecule has 0 aliphatic heterocycles. The van der Waals surface area contributed by atoms with Gasteiger partial charge < -0.3 is 10.2 Å². The standard InChI is InChI=1S/C17H14N4O7S/c22-14-6-5-10(7-11(14)17(25)26)29(27,28)20-19-15(23)9-21-13-4-2-1-3-12(13)18-8-16(21)24/h1-8,20,22H,9H2,(H,19,23)(H,25,26). The number of carbonyl (C=O) groups is 2. The van der Waals surface area contributed by atoms with Gasteiger partial charge in [-0.05, 0) is 30.3 Å². The molecule has 0 bridgehead atoms. The second-order valence-electron chi connectivity index (χ2n) is 5.81. The average molecular weight is 418 g/mol. The number of carboxylic acids is 1. The maximum Gasteiger partial charge on any atom is 0.339 e. The number of rotatable bonds is 6. The van der Waals surface area contributed by atoms with Crippen LogP contribution in [-0.2, 0) is 21.4 Å². The molecule has 12 heteroatoms. The molecular formula is C17H14N4O7S.